The highest BCUT2D eigenvalue weighted by atomic mass is 32.2. The Morgan fingerprint density at radius 2 is 1.50 bits per heavy atom. The largest absolute Gasteiger partial charge is 0.497 e. The Labute approximate surface area is 128 Å². The minimum Gasteiger partial charge on any atom is -0.497 e. The summed E-state index contributed by atoms with van der Waals surface area (Å²) < 4.78 is 37.0. The Hall–Kier alpha value is -2.47. The van der Waals surface area contributed by atoms with Crippen LogP contribution in [0.25, 0.3) is 10.9 Å². The first-order valence-electron chi connectivity index (χ1n) is 6.61. The van der Waals surface area contributed by atoms with Crippen molar-refractivity contribution in [1.29, 1.82) is 0 Å². The zero-order valence-electron chi connectivity index (χ0n) is 12.2. The molecule has 0 spiro atoms. The van der Waals surface area contributed by atoms with E-state index in [4.69, 9.17) is 9.47 Å². The Kier molecular flexibility index (Phi) is 3.54. The lowest BCUT2D eigenvalue weighted by atomic mass is 10.2. The Morgan fingerprint density at radius 1 is 0.864 bits per heavy atom. The number of fused-ring (bicyclic) bond motifs is 1. The van der Waals surface area contributed by atoms with Crippen molar-refractivity contribution < 1.29 is 17.9 Å². The van der Waals surface area contributed by atoms with Crippen LogP contribution in [0, 0.1) is 0 Å². The van der Waals surface area contributed by atoms with Gasteiger partial charge >= 0.3 is 0 Å². The molecule has 1 heterocycles. The first kappa shape index (κ1) is 14.5. The minimum atomic E-state index is -3.65. The average molecular weight is 317 g/mol. The second kappa shape index (κ2) is 5.38. The maximum atomic E-state index is 12.8. The van der Waals surface area contributed by atoms with Gasteiger partial charge in [-0.3, -0.25) is 0 Å². The van der Waals surface area contributed by atoms with E-state index < -0.39 is 10.0 Å². The Morgan fingerprint density at radius 3 is 2.14 bits per heavy atom. The van der Waals surface area contributed by atoms with E-state index in [0.717, 1.165) is 5.39 Å². The van der Waals surface area contributed by atoms with Crippen LogP contribution in [0.4, 0.5) is 0 Å². The van der Waals surface area contributed by atoms with E-state index in [1.54, 1.807) is 49.7 Å². The van der Waals surface area contributed by atoms with Gasteiger partial charge in [-0.15, -0.1) is 0 Å². The fourth-order valence-electron chi connectivity index (χ4n) is 2.29. The summed E-state index contributed by atoms with van der Waals surface area (Å²) in [4.78, 5) is 0.210. The van der Waals surface area contributed by atoms with Gasteiger partial charge in [0.05, 0.1) is 24.6 Å². The number of methoxy groups -OCH3 is 2. The molecule has 6 heteroatoms. The lowest BCUT2D eigenvalue weighted by Crippen LogP contribution is -2.11. The summed E-state index contributed by atoms with van der Waals surface area (Å²) in [6, 6.07) is 13.3. The molecule has 3 rings (SSSR count). The van der Waals surface area contributed by atoms with Gasteiger partial charge in [-0.2, -0.15) is 0 Å². The second-order valence-electron chi connectivity index (χ2n) is 4.72. The van der Waals surface area contributed by atoms with Gasteiger partial charge in [-0.1, -0.05) is 0 Å². The molecule has 0 aliphatic rings. The van der Waals surface area contributed by atoms with Crippen LogP contribution in [-0.2, 0) is 10.0 Å². The van der Waals surface area contributed by atoms with Gasteiger partial charge in [0.2, 0.25) is 0 Å². The zero-order valence-corrected chi connectivity index (χ0v) is 13.0. The summed E-state index contributed by atoms with van der Waals surface area (Å²) in [6.45, 7) is 0. The molecule has 0 radical (unpaired) electrons. The van der Waals surface area contributed by atoms with Crippen LogP contribution >= 0.6 is 0 Å². The highest BCUT2D eigenvalue weighted by Crippen LogP contribution is 2.26. The van der Waals surface area contributed by atoms with Crippen LogP contribution in [0.5, 0.6) is 11.5 Å². The zero-order chi connectivity index (χ0) is 15.7. The van der Waals surface area contributed by atoms with E-state index in [1.165, 1.54) is 23.2 Å². The van der Waals surface area contributed by atoms with Crippen molar-refractivity contribution in [3.05, 3.63) is 54.7 Å². The molecule has 0 fully saturated rings. The molecule has 5 nitrogen and oxygen atoms in total. The molecule has 0 N–H and O–H groups in total. The summed E-state index contributed by atoms with van der Waals surface area (Å²) in [5, 5.41) is 0.802. The van der Waals surface area contributed by atoms with E-state index in [1.807, 2.05) is 0 Å². The van der Waals surface area contributed by atoms with E-state index in [0.29, 0.717) is 17.0 Å². The normalized spacial score (nSPS) is 11.5. The van der Waals surface area contributed by atoms with Gasteiger partial charge in [0, 0.05) is 11.6 Å². The number of hydrogen-bond acceptors (Lipinski definition) is 4. The topological polar surface area (TPSA) is 57.5 Å². The van der Waals surface area contributed by atoms with Crippen LogP contribution < -0.4 is 9.47 Å². The number of nitrogens with zero attached hydrogens (tertiary/aromatic N) is 1. The SMILES string of the molecule is COc1ccc(S(=O)(=O)n2ccc3cc(OC)ccc32)cc1. The quantitative estimate of drug-likeness (QED) is 0.742. The molecule has 0 amide bonds. The van der Waals surface area contributed by atoms with Crippen LogP contribution in [0.1, 0.15) is 0 Å². The predicted octanol–water partition coefficient (Wildman–Crippen LogP) is 2.90. The van der Waals surface area contributed by atoms with Crippen LogP contribution in [0.3, 0.4) is 0 Å². The van der Waals surface area contributed by atoms with Gasteiger partial charge in [-0.05, 0) is 48.5 Å². The van der Waals surface area contributed by atoms with Gasteiger partial charge in [0.15, 0.2) is 0 Å². The molecule has 0 aliphatic carbocycles. The summed E-state index contributed by atoms with van der Waals surface area (Å²) >= 11 is 0. The number of hydrogen-bond donors (Lipinski definition) is 0. The van der Waals surface area contributed by atoms with Crippen molar-refractivity contribution >= 4 is 20.9 Å². The van der Waals surface area contributed by atoms with E-state index in [9.17, 15) is 8.42 Å². The molecule has 0 saturated carbocycles. The third-order valence-corrected chi connectivity index (χ3v) is 5.18. The molecule has 1 aromatic heterocycles. The van der Waals surface area contributed by atoms with Crippen molar-refractivity contribution in [1.82, 2.24) is 3.97 Å². The van der Waals surface area contributed by atoms with E-state index in [2.05, 4.69) is 0 Å². The first-order valence-corrected chi connectivity index (χ1v) is 8.05. The summed E-state index contributed by atoms with van der Waals surface area (Å²) in [7, 11) is -0.533. The Bertz CT molecular complexity index is 911. The maximum Gasteiger partial charge on any atom is 0.268 e. The van der Waals surface area contributed by atoms with E-state index >= 15 is 0 Å². The molecule has 0 atom stereocenters. The predicted molar refractivity (Wildman–Crippen MR) is 84.1 cm³/mol. The lowest BCUT2D eigenvalue weighted by molar-refractivity contribution is 0.414. The average Bonchev–Trinajstić information content (AvgIpc) is 2.98. The molecular formula is C16H15NO4S. The molecule has 22 heavy (non-hydrogen) atoms. The fourth-order valence-corrected chi connectivity index (χ4v) is 3.65. The summed E-state index contributed by atoms with van der Waals surface area (Å²) in [5.41, 5.74) is 0.608. The number of benzene rings is 2. The fraction of sp³-hybridized carbons (Fsp3) is 0.125. The maximum absolute atomic E-state index is 12.8. The van der Waals surface area contributed by atoms with Crippen molar-refractivity contribution in [3.63, 3.8) is 0 Å². The van der Waals surface area contributed by atoms with Gasteiger partial charge < -0.3 is 9.47 Å². The summed E-state index contributed by atoms with van der Waals surface area (Å²) in [6.07, 6.45) is 1.55. The van der Waals surface area contributed by atoms with Gasteiger partial charge in [0.25, 0.3) is 10.0 Å². The Balaban J connectivity index is 2.12. The molecule has 2 aromatic carbocycles. The van der Waals surface area contributed by atoms with Crippen LogP contribution in [-0.4, -0.2) is 26.6 Å². The first-order chi connectivity index (χ1) is 10.6. The molecule has 0 aliphatic heterocycles. The van der Waals surface area contributed by atoms with Gasteiger partial charge in [-0.25, -0.2) is 12.4 Å². The van der Waals surface area contributed by atoms with Crippen LogP contribution in [0.2, 0.25) is 0 Å². The van der Waals surface area contributed by atoms with Crippen molar-refractivity contribution in [2.45, 2.75) is 4.90 Å². The highest BCUT2D eigenvalue weighted by Gasteiger charge is 2.19. The summed E-state index contributed by atoms with van der Waals surface area (Å²) in [5.74, 6) is 1.30. The molecule has 0 unspecified atom stereocenters. The number of ether oxygens (including phenoxy) is 2. The molecule has 0 bridgehead atoms. The van der Waals surface area contributed by atoms with Gasteiger partial charge in [0.1, 0.15) is 11.5 Å². The van der Waals surface area contributed by atoms with E-state index in [-0.39, 0.29) is 4.90 Å². The lowest BCUT2D eigenvalue weighted by Gasteiger charge is -2.09. The van der Waals surface area contributed by atoms with Crippen LogP contribution in [0.15, 0.2) is 59.6 Å². The third kappa shape index (κ3) is 2.31. The third-order valence-electron chi connectivity index (χ3n) is 3.48. The smallest absolute Gasteiger partial charge is 0.268 e. The standard InChI is InChI=1S/C16H15NO4S/c1-20-13-3-6-15(7-4-13)22(18,19)17-10-9-12-11-14(21-2)5-8-16(12)17/h3-11H,1-2H3. The molecule has 0 saturated heterocycles. The number of rotatable bonds is 4. The second-order valence-corrected chi connectivity index (χ2v) is 6.53. The van der Waals surface area contributed by atoms with Crippen molar-refractivity contribution in [2.75, 3.05) is 14.2 Å². The minimum absolute atomic E-state index is 0.210. The van der Waals surface area contributed by atoms with Crippen molar-refractivity contribution in [3.8, 4) is 11.5 Å². The molecule has 3 aromatic rings. The highest BCUT2D eigenvalue weighted by molar-refractivity contribution is 7.90. The monoisotopic (exact) mass is 317 g/mol. The molecular weight excluding hydrogens is 302 g/mol. The number of aromatic nitrogens is 1. The van der Waals surface area contributed by atoms with Crippen molar-refractivity contribution in [2.24, 2.45) is 0 Å². The molecule has 114 valence electrons.